The van der Waals surface area contributed by atoms with Gasteiger partial charge in [0.25, 0.3) is 0 Å². The molecular weight excluding hydrogens is 202 g/mol. The van der Waals surface area contributed by atoms with Crippen LogP contribution in [0.3, 0.4) is 0 Å². The first-order valence-corrected chi connectivity index (χ1v) is 5.78. The van der Waals surface area contributed by atoms with E-state index in [0.717, 1.165) is 12.3 Å². The number of hydrogen-bond donors (Lipinski definition) is 1. The van der Waals surface area contributed by atoms with E-state index in [4.69, 9.17) is 4.74 Å². The monoisotopic (exact) mass is 221 g/mol. The van der Waals surface area contributed by atoms with Crippen LogP contribution in [0.2, 0.25) is 0 Å². The second-order valence-electron chi connectivity index (χ2n) is 4.09. The van der Waals surface area contributed by atoms with Crippen LogP contribution < -0.4 is 10.2 Å². The van der Waals surface area contributed by atoms with Crippen LogP contribution in [0.4, 0.5) is 0 Å². The van der Waals surface area contributed by atoms with Crippen molar-refractivity contribution < 1.29 is 4.74 Å². The molecule has 1 aliphatic rings. The van der Waals surface area contributed by atoms with Crippen molar-refractivity contribution in [2.45, 2.75) is 25.3 Å². The molecule has 1 aliphatic heterocycles. The normalized spacial score (nSPS) is 22.0. The Morgan fingerprint density at radius 2 is 2.31 bits per heavy atom. The van der Waals surface area contributed by atoms with Crippen LogP contribution in [0, 0.1) is 0 Å². The van der Waals surface area contributed by atoms with Gasteiger partial charge in [-0.05, 0) is 31.5 Å². The van der Waals surface area contributed by atoms with Crippen molar-refractivity contribution in [3.05, 3.63) is 24.0 Å². The molecule has 4 nitrogen and oxygen atoms in total. The Morgan fingerprint density at radius 1 is 1.44 bits per heavy atom. The fraction of sp³-hybridized carbons (Fsp3) is 0.583. The van der Waals surface area contributed by atoms with Crippen LogP contribution in [0.5, 0.6) is 5.75 Å². The maximum Gasteiger partial charge on any atom is 0.137 e. The summed E-state index contributed by atoms with van der Waals surface area (Å²) in [5.41, 5.74) is 4.48. The number of rotatable bonds is 3. The third kappa shape index (κ3) is 2.33. The van der Waals surface area contributed by atoms with Crippen LogP contribution in [0.1, 0.15) is 30.9 Å². The third-order valence-electron chi connectivity index (χ3n) is 3.14. The van der Waals surface area contributed by atoms with E-state index in [-0.39, 0.29) is 0 Å². The van der Waals surface area contributed by atoms with Crippen molar-refractivity contribution in [1.29, 1.82) is 0 Å². The van der Waals surface area contributed by atoms with Crippen LogP contribution in [0.15, 0.2) is 18.5 Å². The number of ether oxygens (including phenoxy) is 1. The molecule has 0 radical (unpaired) electrons. The summed E-state index contributed by atoms with van der Waals surface area (Å²) in [5.74, 6) is 0.833. The van der Waals surface area contributed by atoms with E-state index in [2.05, 4.69) is 21.5 Å². The minimum absolute atomic E-state index is 0.418. The first kappa shape index (κ1) is 11.4. The molecule has 0 saturated carbocycles. The van der Waals surface area contributed by atoms with Gasteiger partial charge in [0.05, 0.1) is 19.3 Å². The first-order chi connectivity index (χ1) is 7.85. The average molecular weight is 221 g/mol. The molecule has 1 aromatic heterocycles. The lowest BCUT2D eigenvalue weighted by atomic mass is 9.98. The Labute approximate surface area is 96.6 Å². The number of piperidine rings is 1. The van der Waals surface area contributed by atoms with E-state index in [1.54, 1.807) is 13.3 Å². The SMILES string of the molecule is CNN1CCCCC1c1cncc(OC)c1. The maximum atomic E-state index is 5.21. The summed E-state index contributed by atoms with van der Waals surface area (Å²) in [7, 11) is 3.66. The zero-order valence-corrected chi connectivity index (χ0v) is 9.94. The number of nitrogens with zero attached hydrogens (tertiary/aromatic N) is 2. The summed E-state index contributed by atoms with van der Waals surface area (Å²) in [4.78, 5) is 4.22. The molecule has 16 heavy (non-hydrogen) atoms. The van der Waals surface area contributed by atoms with Gasteiger partial charge in [0, 0.05) is 12.7 Å². The molecule has 88 valence electrons. The lowest BCUT2D eigenvalue weighted by Crippen LogP contribution is -2.41. The minimum Gasteiger partial charge on any atom is -0.495 e. The highest BCUT2D eigenvalue weighted by molar-refractivity contribution is 5.26. The van der Waals surface area contributed by atoms with Gasteiger partial charge in [-0.2, -0.15) is 0 Å². The minimum atomic E-state index is 0.418. The smallest absolute Gasteiger partial charge is 0.137 e. The van der Waals surface area contributed by atoms with Crippen molar-refractivity contribution in [2.24, 2.45) is 0 Å². The Hall–Kier alpha value is -1.13. The Morgan fingerprint density at radius 3 is 3.06 bits per heavy atom. The largest absolute Gasteiger partial charge is 0.495 e. The average Bonchev–Trinajstić information content (AvgIpc) is 2.38. The van der Waals surface area contributed by atoms with E-state index in [9.17, 15) is 0 Å². The summed E-state index contributed by atoms with van der Waals surface area (Å²) >= 11 is 0. The van der Waals surface area contributed by atoms with E-state index in [1.807, 2.05) is 13.2 Å². The zero-order valence-electron chi connectivity index (χ0n) is 9.94. The summed E-state index contributed by atoms with van der Waals surface area (Å²) < 4.78 is 5.21. The fourth-order valence-corrected chi connectivity index (χ4v) is 2.28. The van der Waals surface area contributed by atoms with Gasteiger partial charge in [-0.1, -0.05) is 6.42 Å². The number of nitrogens with one attached hydrogen (secondary N) is 1. The molecule has 4 heteroatoms. The molecule has 1 unspecified atom stereocenters. The Kier molecular flexibility index (Phi) is 3.74. The van der Waals surface area contributed by atoms with Gasteiger partial charge in [-0.3, -0.25) is 10.4 Å². The number of pyridine rings is 1. The third-order valence-corrected chi connectivity index (χ3v) is 3.14. The second-order valence-corrected chi connectivity index (χ2v) is 4.09. The highest BCUT2D eigenvalue weighted by Crippen LogP contribution is 2.30. The van der Waals surface area contributed by atoms with Gasteiger partial charge < -0.3 is 4.74 Å². The summed E-state index contributed by atoms with van der Waals surface area (Å²) in [5, 5.41) is 2.28. The first-order valence-electron chi connectivity index (χ1n) is 5.78. The standard InChI is InChI=1S/C12H19N3O/c1-13-15-6-4-3-5-12(15)10-7-11(16-2)9-14-8-10/h7-9,12-13H,3-6H2,1-2H3. The highest BCUT2D eigenvalue weighted by atomic mass is 16.5. The quantitative estimate of drug-likeness (QED) is 0.844. The van der Waals surface area contributed by atoms with Gasteiger partial charge in [0.1, 0.15) is 5.75 Å². The van der Waals surface area contributed by atoms with Crippen molar-refractivity contribution in [3.63, 3.8) is 0 Å². The molecule has 1 atom stereocenters. The van der Waals surface area contributed by atoms with Crippen LogP contribution in [-0.2, 0) is 0 Å². The molecule has 0 aromatic carbocycles. The molecule has 1 aromatic rings. The topological polar surface area (TPSA) is 37.4 Å². The molecule has 1 N–H and O–H groups in total. The second kappa shape index (κ2) is 5.27. The van der Waals surface area contributed by atoms with Gasteiger partial charge >= 0.3 is 0 Å². The van der Waals surface area contributed by atoms with Crippen molar-refractivity contribution in [2.75, 3.05) is 20.7 Å². The molecular formula is C12H19N3O. The Balaban J connectivity index is 2.20. The van der Waals surface area contributed by atoms with Crippen molar-refractivity contribution in [1.82, 2.24) is 15.4 Å². The molecule has 0 spiro atoms. The Bertz CT molecular complexity index is 343. The number of hydrazine groups is 1. The maximum absolute atomic E-state index is 5.21. The lowest BCUT2D eigenvalue weighted by Gasteiger charge is -2.35. The summed E-state index contributed by atoms with van der Waals surface area (Å²) in [6, 6.07) is 2.49. The molecule has 0 amide bonds. The summed E-state index contributed by atoms with van der Waals surface area (Å²) in [6.45, 7) is 1.10. The highest BCUT2D eigenvalue weighted by Gasteiger charge is 2.23. The molecule has 1 saturated heterocycles. The number of aromatic nitrogens is 1. The van der Waals surface area contributed by atoms with Gasteiger partial charge in [-0.25, -0.2) is 5.01 Å². The summed E-state index contributed by atoms with van der Waals surface area (Å²) in [6.07, 6.45) is 7.39. The van der Waals surface area contributed by atoms with Gasteiger partial charge in [0.2, 0.25) is 0 Å². The van der Waals surface area contributed by atoms with Crippen molar-refractivity contribution in [3.8, 4) is 5.75 Å². The molecule has 2 heterocycles. The van der Waals surface area contributed by atoms with Crippen molar-refractivity contribution >= 4 is 0 Å². The zero-order chi connectivity index (χ0) is 11.4. The predicted octanol–water partition coefficient (Wildman–Crippen LogP) is 1.75. The molecule has 0 aliphatic carbocycles. The van der Waals surface area contributed by atoms with E-state index >= 15 is 0 Å². The van der Waals surface area contributed by atoms with E-state index in [0.29, 0.717) is 6.04 Å². The molecule has 2 rings (SSSR count). The van der Waals surface area contributed by atoms with Crippen LogP contribution >= 0.6 is 0 Å². The number of methoxy groups -OCH3 is 1. The van der Waals surface area contributed by atoms with Crippen LogP contribution in [0.25, 0.3) is 0 Å². The lowest BCUT2D eigenvalue weighted by molar-refractivity contribution is 0.0980. The van der Waals surface area contributed by atoms with Crippen LogP contribution in [-0.4, -0.2) is 30.7 Å². The van der Waals surface area contributed by atoms with Gasteiger partial charge in [-0.15, -0.1) is 0 Å². The predicted molar refractivity (Wildman–Crippen MR) is 63.1 cm³/mol. The molecule has 1 fully saturated rings. The fourth-order valence-electron chi connectivity index (χ4n) is 2.28. The van der Waals surface area contributed by atoms with Gasteiger partial charge in [0.15, 0.2) is 0 Å². The molecule has 0 bridgehead atoms. The van der Waals surface area contributed by atoms with E-state index < -0.39 is 0 Å². The van der Waals surface area contributed by atoms with E-state index in [1.165, 1.54) is 24.8 Å². The number of hydrogen-bond acceptors (Lipinski definition) is 4.